The molecule has 0 spiro atoms. The van der Waals surface area contributed by atoms with Crippen molar-refractivity contribution in [2.45, 2.75) is 32.3 Å². The van der Waals surface area contributed by atoms with Gasteiger partial charge in [-0.15, -0.1) is 11.3 Å². The average molecular weight is 261 g/mol. The van der Waals surface area contributed by atoms with Crippen molar-refractivity contribution in [1.82, 2.24) is 0 Å². The molecule has 0 bridgehead atoms. The molecule has 1 nitrogen and oxygen atoms in total. The second kappa shape index (κ2) is 3.37. The molecule has 0 saturated heterocycles. The molecule has 1 aromatic heterocycles. The minimum Gasteiger partial charge on any atom is -0.393 e. The highest BCUT2D eigenvalue weighted by atomic mass is 79.9. The van der Waals surface area contributed by atoms with E-state index in [0.717, 1.165) is 6.42 Å². The Morgan fingerprint density at radius 2 is 2.31 bits per heavy atom. The SMILES string of the molecule is CC(O)C1(Cc2ccc(Br)s2)CC1. The second-order valence-corrected chi connectivity index (χ2v) is 6.47. The van der Waals surface area contributed by atoms with E-state index in [2.05, 4.69) is 28.1 Å². The number of halogens is 1. The quantitative estimate of drug-likeness (QED) is 0.885. The van der Waals surface area contributed by atoms with E-state index in [1.165, 1.54) is 21.5 Å². The van der Waals surface area contributed by atoms with Crippen molar-refractivity contribution in [2.75, 3.05) is 0 Å². The standard InChI is InChI=1S/C10H13BrOS/c1-7(12)10(4-5-10)6-8-2-3-9(11)13-8/h2-3,7,12H,4-6H2,1H3. The van der Waals surface area contributed by atoms with E-state index in [1.54, 1.807) is 11.3 Å². The summed E-state index contributed by atoms with van der Waals surface area (Å²) in [5.41, 5.74) is 0.213. The van der Waals surface area contributed by atoms with Gasteiger partial charge in [-0.05, 0) is 54.2 Å². The van der Waals surface area contributed by atoms with E-state index in [-0.39, 0.29) is 11.5 Å². The van der Waals surface area contributed by atoms with Gasteiger partial charge in [0.15, 0.2) is 0 Å². The lowest BCUT2D eigenvalue weighted by atomic mass is 9.95. The van der Waals surface area contributed by atoms with Crippen LogP contribution in [0.4, 0.5) is 0 Å². The number of aliphatic hydroxyl groups excluding tert-OH is 1. The summed E-state index contributed by atoms with van der Waals surface area (Å²) in [6, 6.07) is 4.23. The fraction of sp³-hybridized carbons (Fsp3) is 0.600. The van der Waals surface area contributed by atoms with E-state index in [1.807, 2.05) is 6.92 Å². The zero-order chi connectivity index (χ0) is 9.47. The van der Waals surface area contributed by atoms with Crippen LogP contribution in [0.25, 0.3) is 0 Å². The van der Waals surface area contributed by atoms with Crippen molar-refractivity contribution < 1.29 is 5.11 Å². The van der Waals surface area contributed by atoms with E-state index < -0.39 is 0 Å². The Morgan fingerprint density at radius 1 is 1.62 bits per heavy atom. The summed E-state index contributed by atoms with van der Waals surface area (Å²) in [4.78, 5) is 1.38. The summed E-state index contributed by atoms with van der Waals surface area (Å²) in [7, 11) is 0. The highest BCUT2D eigenvalue weighted by Gasteiger charge is 2.46. The van der Waals surface area contributed by atoms with Crippen molar-refractivity contribution in [1.29, 1.82) is 0 Å². The minimum atomic E-state index is -0.159. The van der Waals surface area contributed by atoms with Crippen molar-refractivity contribution in [3.05, 3.63) is 20.8 Å². The third-order valence-electron chi connectivity index (χ3n) is 2.93. The van der Waals surface area contributed by atoms with Crippen LogP contribution >= 0.6 is 27.3 Å². The maximum atomic E-state index is 9.60. The van der Waals surface area contributed by atoms with Crippen LogP contribution < -0.4 is 0 Å². The molecule has 1 aromatic rings. The van der Waals surface area contributed by atoms with Gasteiger partial charge in [0.05, 0.1) is 9.89 Å². The van der Waals surface area contributed by atoms with Gasteiger partial charge in [0.1, 0.15) is 0 Å². The molecule has 13 heavy (non-hydrogen) atoms. The van der Waals surface area contributed by atoms with Crippen LogP contribution in [0.1, 0.15) is 24.6 Å². The summed E-state index contributed by atoms with van der Waals surface area (Å²) in [5.74, 6) is 0. The highest BCUT2D eigenvalue weighted by molar-refractivity contribution is 9.11. The van der Waals surface area contributed by atoms with Gasteiger partial charge in [-0.2, -0.15) is 0 Å². The van der Waals surface area contributed by atoms with Gasteiger partial charge >= 0.3 is 0 Å². The summed E-state index contributed by atoms with van der Waals surface area (Å²) >= 11 is 5.23. The van der Waals surface area contributed by atoms with Crippen LogP contribution in [0, 0.1) is 5.41 Å². The molecule has 72 valence electrons. The van der Waals surface area contributed by atoms with Crippen molar-refractivity contribution >= 4 is 27.3 Å². The molecule has 1 heterocycles. The molecule has 2 rings (SSSR count). The zero-order valence-electron chi connectivity index (χ0n) is 7.59. The number of hydrogen-bond acceptors (Lipinski definition) is 2. The van der Waals surface area contributed by atoms with Crippen LogP contribution in [0.5, 0.6) is 0 Å². The highest BCUT2D eigenvalue weighted by Crippen LogP contribution is 2.52. The Hall–Kier alpha value is 0.140. The first-order valence-electron chi connectivity index (χ1n) is 4.55. The van der Waals surface area contributed by atoms with Gasteiger partial charge in [-0.3, -0.25) is 0 Å². The third-order valence-corrected chi connectivity index (χ3v) is 4.56. The minimum absolute atomic E-state index is 0.159. The molecule has 0 aliphatic heterocycles. The molecule has 0 aromatic carbocycles. The van der Waals surface area contributed by atoms with E-state index in [0.29, 0.717) is 0 Å². The molecule has 0 radical (unpaired) electrons. The van der Waals surface area contributed by atoms with Gasteiger partial charge in [-0.1, -0.05) is 0 Å². The van der Waals surface area contributed by atoms with Crippen LogP contribution in [0.2, 0.25) is 0 Å². The molecular formula is C10H13BrOS. The molecular weight excluding hydrogens is 248 g/mol. The summed E-state index contributed by atoms with van der Waals surface area (Å²) < 4.78 is 1.18. The molecule has 1 aliphatic rings. The number of aliphatic hydroxyl groups is 1. The predicted molar refractivity (Wildman–Crippen MR) is 59.1 cm³/mol. The molecule has 1 atom stereocenters. The largest absolute Gasteiger partial charge is 0.393 e. The smallest absolute Gasteiger partial charge is 0.0701 e. The Labute approximate surface area is 90.9 Å². The summed E-state index contributed by atoms with van der Waals surface area (Å²) in [6.45, 7) is 1.91. The predicted octanol–water partition coefficient (Wildman–Crippen LogP) is 3.21. The lowest BCUT2D eigenvalue weighted by Gasteiger charge is -2.16. The maximum absolute atomic E-state index is 9.60. The van der Waals surface area contributed by atoms with Crippen LogP contribution in [-0.2, 0) is 6.42 Å². The van der Waals surface area contributed by atoms with E-state index in [4.69, 9.17) is 0 Å². The molecule has 1 aliphatic carbocycles. The lowest BCUT2D eigenvalue weighted by molar-refractivity contribution is 0.111. The lowest BCUT2D eigenvalue weighted by Crippen LogP contribution is -2.19. The normalized spacial score (nSPS) is 21.5. The Morgan fingerprint density at radius 3 is 2.69 bits per heavy atom. The fourth-order valence-corrected chi connectivity index (χ4v) is 3.33. The average Bonchev–Trinajstić information content (AvgIpc) is 2.72. The Balaban J connectivity index is 2.06. The van der Waals surface area contributed by atoms with Gasteiger partial charge in [0, 0.05) is 10.3 Å². The first kappa shape index (κ1) is 9.69. The number of rotatable bonds is 3. The first-order valence-corrected chi connectivity index (χ1v) is 6.16. The van der Waals surface area contributed by atoms with Crippen LogP contribution in [0.15, 0.2) is 15.9 Å². The molecule has 3 heteroatoms. The maximum Gasteiger partial charge on any atom is 0.0701 e. The summed E-state index contributed by atoms with van der Waals surface area (Å²) in [5, 5.41) is 9.60. The Bertz CT molecular complexity index is 302. The van der Waals surface area contributed by atoms with Gasteiger partial charge in [0.25, 0.3) is 0 Å². The van der Waals surface area contributed by atoms with Gasteiger partial charge < -0.3 is 5.11 Å². The fourth-order valence-electron chi connectivity index (χ4n) is 1.70. The molecule has 1 unspecified atom stereocenters. The Kier molecular flexibility index (Phi) is 2.51. The van der Waals surface area contributed by atoms with Crippen molar-refractivity contribution in [3.8, 4) is 0 Å². The molecule has 0 amide bonds. The van der Waals surface area contributed by atoms with Crippen molar-refractivity contribution in [3.63, 3.8) is 0 Å². The van der Waals surface area contributed by atoms with E-state index >= 15 is 0 Å². The monoisotopic (exact) mass is 260 g/mol. The molecule has 1 saturated carbocycles. The van der Waals surface area contributed by atoms with Crippen molar-refractivity contribution in [2.24, 2.45) is 5.41 Å². The number of hydrogen-bond donors (Lipinski definition) is 1. The summed E-state index contributed by atoms with van der Waals surface area (Å²) in [6.07, 6.45) is 3.25. The zero-order valence-corrected chi connectivity index (χ0v) is 9.99. The van der Waals surface area contributed by atoms with Crippen LogP contribution in [-0.4, -0.2) is 11.2 Å². The van der Waals surface area contributed by atoms with Gasteiger partial charge in [-0.25, -0.2) is 0 Å². The van der Waals surface area contributed by atoms with Gasteiger partial charge in [0.2, 0.25) is 0 Å². The number of thiophene rings is 1. The molecule has 1 fully saturated rings. The first-order chi connectivity index (χ1) is 6.12. The third kappa shape index (κ3) is 1.97. The van der Waals surface area contributed by atoms with E-state index in [9.17, 15) is 5.11 Å². The molecule has 1 N–H and O–H groups in total. The topological polar surface area (TPSA) is 20.2 Å². The van der Waals surface area contributed by atoms with Crippen LogP contribution in [0.3, 0.4) is 0 Å². The second-order valence-electron chi connectivity index (χ2n) is 3.92.